The quantitative estimate of drug-likeness (QED) is 0.796. The van der Waals surface area contributed by atoms with E-state index in [-0.39, 0.29) is 0 Å². The van der Waals surface area contributed by atoms with Crippen molar-refractivity contribution in [3.8, 4) is 0 Å². The van der Waals surface area contributed by atoms with Gasteiger partial charge in [0.1, 0.15) is 0 Å². The number of fused-ring (bicyclic) bond motifs is 1. The normalized spacial score (nSPS) is 18.4. The van der Waals surface area contributed by atoms with E-state index >= 15 is 0 Å². The minimum atomic E-state index is 0.591. The fourth-order valence-corrected chi connectivity index (χ4v) is 4.07. The highest BCUT2D eigenvalue weighted by Crippen LogP contribution is 2.26. The number of hydrogen-bond acceptors (Lipinski definition) is 2. The third kappa shape index (κ3) is 4.96. The van der Waals surface area contributed by atoms with Gasteiger partial charge in [-0.1, -0.05) is 56.3 Å². The molecule has 0 fully saturated rings. The van der Waals surface area contributed by atoms with Crippen LogP contribution in [0.2, 0.25) is 0 Å². The minimum absolute atomic E-state index is 0.591. The molecular weight excluding hydrogens is 316 g/mol. The number of nitrogens with zero attached hydrogens (tertiary/aromatic N) is 1. The van der Waals surface area contributed by atoms with E-state index < -0.39 is 0 Å². The molecule has 1 N–H and O–H groups in total. The molecule has 0 radical (unpaired) electrons. The number of hydrogen-bond donors (Lipinski definition) is 1. The molecule has 2 unspecified atom stereocenters. The van der Waals surface area contributed by atoms with Crippen molar-refractivity contribution in [3.63, 3.8) is 0 Å². The van der Waals surface area contributed by atoms with E-state index in [9.17, 15) is 0 Å². The lowest BCUT2D eigenvalue weighted by atomic mass is 9.91. The van der Waals surface area contributed by atoms with Gasteiger partial charge in [-0.3, -0.25) is 0 Å². The summed E-state index contributed by atoms with van der Waals surface area (Å²) in [4.78, 5) is 2.22. The molecule has 0 aliphatic carbocycles. The summed E-state index contributed by atoms with van der Waals surface area (Å²) in [6.07, 6.45) is 4.78. The van der Waals surface area contributed by atoms with Gasteiger partial charge in [0, 0.05) is 19.1 Å². The highest BCUT2D eigenvalue weighted by atomic mass is 15.0. The largest absolute Gasteiger partial charge is 0.310 e. The molecule has 2 atom stereocenters. The molecule has 0 saturated carbocycles. The summed E-state index contributed by atoms with van der Waals surface area (Å²) in [5, 5.41) is 3.81. The van der Waals surface area contributed by atoms with Gasteiger partial charge in [-0.25, -0.2) is 0 Å². The Hall–Kier alpha value is -1.64. The van der Waals surface area contributed by atoms with Crippen LogP contribution in [0, 0.1) is 0 Å². The summed E-state index contributed by atoms with van der Waals surface area (Å²) >= 11 is 0. The molecule has 3 rings (SSSR count). The van der Waals surface area contributed by atoms with Crippen LogP contribution in [0.15, 0.2) is 42.5 Å². The van der Waals surface area contributed by atoms with Gasteiger partial charge in [0.2, 0.25) is 0 Å². The van der Waals surface area contributed by atoms with Crippen molar-refractivity contribution < 1.29 is 0 Å². The standard InChI is InChI=1S/C24H34N2/c1-5-19-6-11-23-16-25-24(13-12-22(23)15-19)14-18(2)21-9-7-20(8-10-21)17-26(3)4/h6-11,15,18,24-25H,5,12-14,16-17H2,1-4H3. The van der Waals surface area contributed by atoms with E-state index in [0.717, 1.165) is 19.5 Å². The molecule has 0 aromatic heterocycles. The smallest absolute Gasteiger partial charge is 0.0227 e. The maximum Gasteiger partial charge on any atom is 0.0227 e. The number of benzene rings is 2. The lowest BCUT2D eigenvalue weighted by Crippen LogP contribution is -2.28. The molecule has 2 aromatic rings. The summed E-state index contributed by atoms with van der Waals surface area (Å²) in [6, 6.07) is 16.9. The molecule has 1 heterocycles. The third-order valence-electron chi connectivity index (χ3n) is 5.71. The predicted molar refractivity (Wildman–Crippen MR) is 112 cm³/mol. The lowest BCUT2D eigenvalue weighted by Gasteiger charge is -2.21. The van der Waals surface area contributed by atoms with E-state index in [1.54, 1.807) is 5.56 Å². The molecule has 1 aliphatic rings. The van der Waals surface area contributed by atoms with Gasteiger partial charge in [0.25, 0.3) is 0 Å². The van der Waals surface area contributed by atoms with Crippen molar-refractivity contribution in [3.05, 3.63) is 70.3 Å². The van der Waals surface area contributed by atoms with Crippen LogP contribution in [0.25, 0.3) is 0 Å². The number of rotatable bonds is 6. The molecule has 2 nitrogen and oxygen atoms in total. The average molecular weight is 351 g/mol. The Morgan fingerprint density at radius 3 is 2.46 bits per heavy atom. The second kappa shape index (κ2) is 8.83. The van der Waals surface area contributed by atoms with E-state index in [1.807, 2.05) is 0 Å². The van der Waals surface area contributed by atoms with Crippen LogP contribution in [-0.4, -0.2) is 25.0 Å². The van der Waals surface area contributed by atoms with E-state index in [1.165, 1.54) is 41.5 Å². The lowest BCUT2D eigenvalue weighted by molar-refractivity contribution is 0.402. The van der Waals surface area contributed by atoms with Crippen molar-refractivity contribution in [2.75, 3.05) is 14.1 Å². The first-order valence-electron chi connectivity index (χ1n) is 10.1. The Morgan fingerprint density at radius 1 is 1.04 bits per heavy atom. The summed E-state index contributed by atoms with van der Waals surface area (Å²) in [5.74, 6) is 0.591. The molecule has 0 bridgehead atoms. The van der Waals surface area contributed by atoms with E-state index in [2.05, 4.69) is 80.6 Å². The maximum atomic E-state index is 3.81. The monoisotopic (exact) mass is 350 g/mol. The molecule has 2 aromatic carbocycles. The number of nitrogens with one attached hydrogen (secondary N) is 1. The zero-order valence-corrected chi connectivity index (χ0v) is 16.9. The fourth-order valence-electron chi connectivity index (χ4n) is 4.07. The van der Waals surface area contributed by atoms with Gasteiger partial charge in [-0.15, -0.1) is 0 Å². The Balaban J connectivity index is 1.59. The van der Waals surface area contributed by atoms with Crippen molar-refractivity contribution >= 4 is 0 Å². The Labute approximate surface area is 159 Å². The first-order valence-corrected chi connectivity index (χ1v) is 10.1. The van der Waals surface area contributed by atoms with Gasteiger partial charge in [-0.2, -0.15) is 0 Å². The summed E-state index contributed by atoms with van der Waals surface area (Å²) in [6.45, 7) is 6.64. The van der Waals surface area contributed by atoms with Crippen molar-refractivity contribution in [1.82, 2.24) is 10.2 Å². The molecule has 0 saturated heterocycles. The van der Waals surface area contributed by atoms with Crippen LogP contribution in [0.1, 0.15) is 60.4 Å². The molecule has 0 spiro atoms. The first kappa shape index (κ1) is 19.1. The van der Waals surface area contributed by atoms with Gasteiger partial charge >= 0.3 is 0 Å². The van der Waals surface area contributed by atoms with Crippen LogP contribution < -0.4 is 5.32 Å². The van der Waals surface area contributed by atoms with Crippen LogP contribution in [0.4, 0.5) is 0 Å². The van der Waals surface area contributed by atoms with Gasteiger partial charge in [-0.05, 0) is 73.5 Å². The fraction of sp³-hybridized carbons (Fsp3) is 0.500. The molecule has 1 aliphatic heterocycles. The van der Waals surface area contributed by atoms with Crippen LogP contribution in [0.5, 0.6) is 0 Å². The molecule has 140 valence electrons. The van der Waals surface area contributed by atoms with Crippen LogP contribution in [0.3, 0.4) is 0 Å². The van der Waals surface area contributed by atoms with Gasteiger partial charge in [0.15, 0.2) is 0 Å². The van der Waals surface area contributed by atoms with Crippen LogP contribution >= 0.6 is 0 Å². The Bertz CT molecular complexity index is 703. The molecular formula is C24H34N2. The third-order valence-corrected chi connectivity index (χ3v) is 5.71. The maximum absolute atomic E-state index is 3.81. The Kier molecular flexibility index (Phi) is 6.50. The SMILES string of the molecule is CCc1ccc2c(c1)CCC(CC(C)c1ccc(CN(C)C)cc1)NC2. The summed E-state index contributed by atoms with van der Waals surface area (Å²) < 4.78 is 0. The molecule has 2 heteroatoms. The van der Waals surface area contributed by atoms with E-state index in [0.29, 0.717) is 12.0 Å². The van der Waals surface area contributed by atoms with Crippen LogP contribution in [-0.2, 0) is 25.9 Å². The zero-order chi connectivity index (χ0) is 18.5. The summed E-state index contributed by atoms with van der Waals surface area (Å²) in [7, 11) is 4.24. The van der Waals surface area contributed by atoms with Crippen molar-refractivity contribution in [2.24, 2.45) is 0 Å². The topological polar surface area (TPSA) is 15.3 Å². The zero-order valence-electron chi connectivity index (χ0n) is 16.9. The van der Waals surface area contributed by atoms with Crippen molar-refractivity contribution in [2.45, 2.75) is 64.6 Å². The molecule has 26 heavy (non-hydrogen) atoms. The average Bonchev–Trinajstić information content (AvgIpc) is 2.83. The van der Waals surface area contributed by atoms with E-state index in [4.69, 9.17) is 0 Å². The molecule has 0 amide bonds. The Morgan fingerprint density at radius 2 is 1.77 bits per heavy atom. The second-order valence-electron chi connectivity index (χ2n) is 8.19. The minimum Gasteiger partial charge on any atom is -0.310 e. The first-order chi connectivity index (χ1) is 12.5. The van der Waals surface area contributed by atoms with Crippen molar-refractivity contribution in [1.29, 1.82) is 0 Å². The highest BCUT2D eigenvalue weighted by molar-refractivity contribution is 5.33. The number of aryl methyl sites for hydroxylation is 2. The second-order valence-corrected chi connectivity index (χ2v) is 8.19. The summed E-state index contributed by atoms with van der Waals surface area (Å²) in [5.41, 5.74) is 7.36. The highest BCUT2D eigenvalue weighted by Gasteiger charge is 2.19. The van der Waals surface area contributed by atoms with Gasteiger partial charge in [0.05, 0.1) is 0 Å². The predicted octanol–water partition coefficient (Wildman–Crippen LogP) is 4.91. The van der Waals surface area contributed by atoms with Gasteiger partial charge < -0.3 is 10.2 Å².